The van der Waals surface area contributed by atoms with Gasteiger partial charge in [0.2, 0.25) is 0 Å². The molecule has 0 aliphatic heterocycles. The zero-order chi connectivity index (χ0) is 35.1. The molecule has 0 radical (unpaired) electrons. The number of benzene rings is 6. The van der Waals surface area contributed by atoms with Crippen LogP contribution in [0.15, 0.2) is 169 Å². The molecule has 6 aromatic rings. The zero-order valence-corrected chi connectivity index (χ0v) is 30.3. The van der Waals surface area contributed by atoms with E-state index in [-0.39, 0.29) is 5.41 Å². The molecule has 254 valence electrons. The Bertz CT molecular complexity index is 2330. The average molecular weight is 672 g/mol. The Morgan fingerprint density at radius 1 is 0.481 bits per heavy atom. The molecule has 9 rings (SSSR count). The van der Waals surface area contributed by atoms with Gasteiger partial charge in [0.05, 0.1) is 0 Å². The normalized spacial score (nSPS) is 15.9. The van der Waals surface area contributed by atoms with E-state index >= 15 is 0 Å². The van der Waals surface area contributed by atoms with Crippen molar-refractivity contribution in [2.24, 2.45) is 0 Å². The van der Waals surface area contributed by atoms with E-state index < -0.39 is 0 Å². The van der Waals surface area contributed by atoms with E-state index in [1.165, 1.54) is 86.9 Å². The molecule has 0 unspecified atom stereocenters. The smallest absolute Gasteiger partial charge is 0.0462 e. The first kappa shape index (κ1) is 32.3. The van der Waals surface area contributed by atoms with Crippen LogP contribution in [-0.2, 0) is 5.41 Å². The number of allylic oxidation sites excluding steroid dienone is 6. The monoisotopic (exact) mass is 671 g/mol. The summed E-state index contributed by atoms with van der Waals surface area (Å²) in [5.74, 6) is 0. The quantitative estimate of drug-likeness (QED) is 0.163. The third-order valence-corrected chi connectivity index (χ3v) is 11.6. The minimum absolute atomic E-state index is 0.0258. The maximum atomic E-state index is 2.43. The molecule has 0 heterocycles. The fourth-order valence-electron chi connectivity index (χ4n) is 8.88. The summed E-state index contributed by atoms with van der Waals surface area (Å²) in [5.41, 5.74) is 19.7. The van der Waals surface area contributed by atoms with Crippen LogP contribution in [0.5, 0.6) is 0 Å². The molecule has 0 aromatic heterocycles. The SMILES string of the molecule is CC1(C)C2=C(C=CCC2)c2cccc(-c3cccc(-c4ccc(N(c5ccc(C6=CCCCC6)cc5)c5ccc(-c6ccccc6)cc5)cc4)c3)c21. The van der Waals surface area contributed by atoms with Gasteiger partial charge < -0.3 is 4.90 Å². The van der Waals surface area contributed by atoms with Crippen LogP contribution in [0.25, 0.3) is 44.5 Å². The molecule has 0 fully saturated rings. The van der Waals surface area contributed by atoms with Gasteiger partial charge in [-0.25, -0.2) is 0 Å². The highest BCUT2D eigenvalue weighted by molar-refractivity contribution is 5.92. The molecule has 6 aromatic carbocycles. The Morgan fingerprint density at radius 3 is 1.73 bits per heavy atom. The van der Waals surface area contributed by atoms with Crippen molar-refractivity contribution < 1.29 is 0 Å². The first-order chi connectivity index (χ1) is 25.5. The predicted molar refractivity (Wildman–Crippen MR) is 222 cm³/mol. The van der Waals surface area contributed by atoms with E-state index in [1.807, 2.05) is 0 Å². The molecule has 0 spiro atoms. The Kier molecular flexibility index (Phi) is 8.36. The summed E-state index contributed by atoms with van der Waals surface area (Å²) in [6.45, 7) is 4.84. The third kappa shape index (κ3) is 5.85. The van der Waals surface area contributed by atoms with E-state index in [0.29, 0.717) is 0 Å². The van der Waals surface area contributed by atoms with Crippen LogP contribution in [0.1, 0.15) is 69.1 Å². The van der Waals surface area contributed by atoms with Gasteiger partial charge in [-0.1, -0.05) is 141 Å². The van der Waals surface area contributed by atoms with Gasteiger partial charge in [0, 0.05) is 22.5 Å². The minimum atomic E-state index is 0.0258. The molecular weight excluding hydrogens is 627 g/mol. The standard InChI is InChI=1S/C51H45N/c1-51(2)49-22-10-9-19-47(49)48-21-12-20-46(50(48)51)42-18-11-17-41(35-42)40-27-33-45(34-28-40)52(43-29-23-38(24-30-43)36-13-5-3-6-14-36)44-31-25-39(26-32-44)37-15-7-4-8-16-37/h3,5-6,9,11-15,17-21,23-35H,4,7-8,10,16,22H2,1-2H3. The summed E-state index contributed by atoms with van der Waals surface area (Å²) >= 11 is 0. The Balaban J connectivity index is 1.06. The zero-order valence-electron chi connectivity index (χ0n) is 30.3. The van der Waals surface area contributed by atoms with Gasteiger partial charge in [-0.05, 0) is 142 Å². The lowest BCUT2D eigenvalue weighted by atomic mass is 9.76. The maximum absolute atomic E-state index is 2.43. The molecule has 0 saturated heterocycles. The lowest BCUT2D eigenvalue weighted by molar-refractivity contribution is 0.609. The molecule has 3 aliphatic carbocycles. The van der Waals surface area contributed by atoms with E-state index in [9.17, 15) is 0 Å². The lowest BCUT2D eigenvalue weighted by Gasteiger charge is -2.28. The highest BCUT2D eigenvalue weighted by atomic mass is 15.1. The van der Waals surface area contributed by atoms with E-state index in [2.05, 4.69) is 183 Å². The molecule has 1 nitrogen and oxygen atoms in total. The van der Waals surface area contributed by atoms with Crippen molar-refractivity contribution >= 4 is 28.2 Å². The summed E-state index contributed by atoms with van der Waals surface area (Å²) < 4.78 is 0. The van der Waals surface area contributed by atoms with Crippen LogP contribution in [0, 0.1) is 0 Å². The van der Waals surface area contributed by atoms with Crippen LogP contribution >= 0.6 is 0 Å². The maximum Gasteiger partial charge on any atom is 0.0462 e. The van der Waals surface area contributed by atoms with E-state index in [1.54, 1.807) is 5.57 Å². The first-order valence-electron chi connectivity index (χ1n) is 19.0. The third-order valence-electron chi connectivity index (χ3n) is 11.6. The van der Waals surface area contributed by atoms with Gasteiger partial charge >= 0.3 is 0 Å². The lowest BCUT2D eigenvalue weighted by Crippen LogP contribution is -2.18. The van der Waals surface area contributed by atoms with Gasteiger partial charge in [-0.2, -0.15) is 0 Å². The van der Waals surface area contributed by atoms with Crippen LogP contribution in [0.4, 0.5) is 17.1 Å². The summed E-state index contributed by atoms with van der Waals surface area (Å²) in [4.78, 5) is 2.38. The number of anilines is 3. The fraction of sp³-hybridized carbons (Fsp3) is 0.176. The van der Waals surface area contributed by atoms with Gasteiger partial charge in [-0.3, -0.25) is 0 Å². The Labute approximate surface area is 309 Å². The first-order valence-corrected chi connectivity index (χ1v) is 19.0. The molecule has 52 heavy (non-hydrogen) atoms. The number of hydrogen-bond donors (Lipinski definition) is 0. The fourth-order valence-corrected chi connectivity index (χ4v) is 8.88. The number of fused-ring (bicyclic) bond motifs is 2. The molecule has 0 atom stereocenters. The Morgan fingerprint density at radius 2 is 1.06 bits per heavy atom. The summed E-state index contributed by atoms with van der Waals surface area (Å²) in [5, 5.41) is 0. The van der Waals surface area contributed by atoms with Gasteiger partial charge in [0.25, 0.3) is 0 Å². The summed E-state index contributed by atoms with van der Waals surface area (Å²) in [6, 6.07) is 53.9. The highest BCUT2D eigenvalue weighted by Crippen LogP contribution is 2.53. The van der Waals surface area contributed by atoms with Crippen molar-refractivity contribution in [3.05, 3.63) is 186 Å². The minimum Gasteiger partial charge on any atom is -0.311 e. The highest BCUT2D eigenvalue weighted by Gasteiger charge is 2.39. The second kappa shape index (κ2) is 13.5. The van der Waals surface area contributed by atoms with Crippen molar-refractivity contribution in [2.75, 3.05) is 4.90 Å². The number of nitrogens with zero attached hydrogens (tertiary/aromatic N) is 1. The van der Waals surface area contributed by atoms with E-state index in [4.69, 9.17) is 0 Å². The van der Waals surface area contributed by atoms with Crippen molar-refractivity contribution in [1.29, 1.82) is 0 Å². The average Bonchev–Trinajstić information content (AvgIpc) is 3.45. The largest absolute Gasteiger partial charge is 0.311 e. The topological polar surface area (TPSA) is 3.24 Å². The van der Waals surface area contributed by atoms with Gasteiger partial charge in [-0.15, -0.1) is 0 Å². The van der Waals surface area contributed by atoms with Gasteiger partial charge in [0.1, 0.15) is 0 Å². The van der Waals surface area contributed by atoms with Crippen molar-refractivity contribution in [3.63, 3.8) is 0 Å². The number of rotatable bonds is 7. The van der Waals surface area contributed by atoms with E-state index in [0.717, 1.165) is 29.9 Å². The molecule has 3 aliphatic rings. The second-order valence-corrected chi connectivity index (χ2v) is 15.1. The van der Waals surface area contributed by atoms with Crippen LogP contribution in [0.3, 0.4) is 0 Å². The predicted octanol–water partition coefficient (Wildman–Crippen LogP) is 14.5. The van der Waals surface area contributed by atoms with Crippen LogP contribution < -0.4 is 4.90 Å². The van der Waals surface area contributed by atoms with Crippen molar-refractivity contribution in [3.8, 4) is 33.4 Å². The van der Waals surface area contributed by atoms with Crippen LogP contribution in [0.2, 0.25) is 0 Å². The van der Waals surface area contributed by atoms with Crippen LogP contribution in [-0.4, -0.2) is 0 Å². The molecule has 0 N–H and O–H groups in total. The summed E-state index contributed by atoms with van der Waals surface area (Å²) in [6.07, 6.45) is 14.4. The second-order valence-electron chi connectivity index (χ2n) is 15.1. The van der Waals surface area contributed by atoms with Crippen molar-refractivity contribution in [1.82, 2.24) is 0 Å². The molecule has 0 saturated carbocycles. The van der Waals surface area contributed by atoms with Crippen molar-refractivity contribution in [2.45, 2.75) is 57.8 Å². The molecule has 0 bridgehead atoms. The molecule has 1 heteroatoms. The molecule has 0 amide bonds. The van der Waals surface area contributed by atoms with Gasteiger partial charge in [0.15, 0.2) is 0 Å². The summed E-state index contributed by atoms with van der Waals surface area (Å²) in [7, 11) is 0. The molecular formula is C51H45N. The number of hydrogen-bond acceptors (Lipinski definition) is 1. The Hall–Kier alpha value is -5.66.